The van der Waals surface area contributed by atoms with E-state index in [-0.39, 0.29) is 12.4 Å². The quantitative estimate of drug-likeness (QED) is 0.898. The Bertz CT molecular complexity index is 515. The molecule has 0 bridgehead atoms. The van der Waals surface area contributed by atoms with Crippen molar-refractivity contribution in [1.29, 1.82) is 0 Å². The molecule has 2 nitrogen and oxygen atoms in total. The highest BCUT2D eigenvalue weighted by Crippen LogP contribution is 2.28. The molecule has 1 unspecified atom stereocenters. The minimum Gasteiger partial charge on any atom is -0.395 e. The van der Waals surface area contributed by atoms with Crippen molar-refractivity contribution in [3.05, 3.63) is 65.7 Å². The van der Waals surface area contributed by atoms with Gasteiger partial charge in [-0.25, -0.2) is 4.39 Å². The second-order valence-corrected chi connectivity index (χ2v) is 4.77. The Morgan fingerprint density at radius 1 is 1.28 bits per heavy atom. The molecule has 0 spiro atoms. The van der Waals surface area contributed by atoms with Gasteiger partial charge in [0.05, 0.1) is 6.61 Å². The van der Waals surface area contributed by atoms with E-state index in [9.17, 15) is 9.50 Å². The normalized spacial score (nSPS) is 14.2. The summed E-state index contributed by atoms with van der Waals surface area (Å²) in [6.07, 6.45) is 4.11. The summed E-state index contributed by atoms with van der Waals surface area (Å²) in [7, 11) is 0. The van der Waals surface area contributed by atoms with Crippen molar-refractivity contribution in [2.45, 2.75) is 18.8 Å². The molecule has 1 aromatic heterocycles. The van der Waals surface area contributed by atoms with Gasteiger partial charge < -0.3 is 5.11 Å². The maximum Gasteiger partial charge on any atom is 0.123 e. The molecule has 0 aliphatic rings. The summed E-state index contributed by atoms with van der Waals surface area (Å²) in [5.74, 6) is -0.279. The van der Waals surface area contributed by atoms with Crippen LogP contribution in [0, 0.1) is 5.82 Å². The van der Waals surface area contributed by atoms with E-state index in [0.29, 0.717) is 6.42 Å². The molecular formula is C15H16FNO. The number of rotatable bonds is 4. The SMILES string of the molecule is CC(CO)(Cc1cccnc1)c1cccc(F)c1. The smallest absolute Gasteiger partial charge is 0.123 e. The summed E-state index contributed by atoms with van der Waals surface area (Å²) in [5, 5.41) is 9.65. The fraction of sp³-hybridized carbons (Fsp3) is 0.267. The maximum absolute atomic E-state index is 13.3. The highest BCUT2D eigenvalue weighted by molar-refractivity contribution is 5.28. The van der Waals surface area contributed by atoms with Crippen LogP contribution in [0.1, 0.15) is 18.1 Å². The molecule has 0 radical (unpaired) electrons. The highest BCUT2D eigenvalue weighted by atomic mass is 19.1. The van der Waals surface area contributed by atoms with Gasteiger partial charge in [0.25, 0.3) is 0 Å². The monoisotopic (exact) mass is 245 g/mol. The van der Waals surface area contributed by atoms with Crippen LogP contribution < -0.4 is 0 Å². The average molecular weight is 245 g/mol. The van der Waals surface area contributed by atoms with E-state index in [2.05, 4.69) is 4.98 Å². The predicted molar refractivity (Wildman–Crippen MR) is 68.8 cm³/mol. The number of benzene rings is 1. The largest absolute Gasteiger partial charge is 0.395 e. The number of nitrogens with zero attached hydrogens (tertiary/aromatic N) is 1. The first kappa shape index (κ1) is 12.7. The third-order valence-corrected chi connectivity index (χ3v) is 3.19. The minimum atomic E-state index is -0.495. The molecule has 0 saturated carbocycles. The van der Waals surface area contributed by atoms with E-state index in [1.165, 1.54) is 12.1 Å². The van der Waals surface area contributed by atoms with Gasteiger partial charge >= 0.3 is 0 Å². The lowest BCUT2D eigenvalue weighted by molar-refractivity contribution is 0.204. The molecule has 2 rings (SSSR count). The van der Waals surface area contributed by atoms with Crippen LogP contribution in [0.4, 0.5) is 4.39 Å². The fourth-order valence-electron chi connectivity index (χ4n) is 2.07. The Labute approximate surface area is 106 Å². The van der Waals surface area contributed by atoms with E-state index < -0.39 is 5.41 Å². The zero-order valence-electron chi connectivity index (χ0n) is 10.3. The van der Waals surface area contributed by atoms with Crippen LogP contribution in [0.3, 0.4) is 0 Å². The second-order valence-electron chi connectivity index (χ2n) is 4.77. The van der Waals surface area contributed by atoms with Crippen molar-refractivity contribution in [2.24, 2.45) is 0 Å². The van der Waals surface area contributed by atoms with Crippen LogP contribution in [0.25, 0.3) is 0 Å². The summed E-state index contributed by atoms with van der Waals surface area (Å²) >= 11 is 0. The van der Waals surface area contributed by atoms with Crippen LogP contribution in [-0.4, -0.2) is 16.7 Å². The zero-order valence-corrected chi connectivity index (χ0v) is 10.3. The van der Waals surface area contributed by atoms with E-state index in [1.807, 2.05) is 25.1 Å². The van der Waals surface area contributed by atoms with Crippen molar-refractivity contribution < 1.29 is 9.50 Å². The number of aliphatic hydroxyl groups is 1. The molecule has 0 aliphatic carbocycles. The molecule has 1 atom stereocenters. The molecule has 2 aromatic rings. The molecule has 0 saturated heterocycles. The molecular weight excluding hydrogens is 229 g/mol. The first-order valence-corrected chi connectivity index (χ1v) is 5.90. The summed E-state index contributed by atoms with van der Waals surface area (Å²) in [5.41, 5.74) is 1.33. The molecule has 94 valence electrons. The maximum atomic E-state index is 13.3. The third-order valence-electron chi connectivity index (χ3n) is 3.19. The topological polar surface area (TPSA) is 33.1 Å². The predicted octanol–water partition coefficient (Wildman–Crippen LogP) is 2.71. The second kappa shape index (κ2) is 5.27. The van der Waals surface area contributed by atoms with Crippen molar-refractivity contribution >= 4 is 0 Å². The molecule has 0 aliphatic heterocycles. The lowest BCUT2D eigenvalue weighted by Crippen LogP contribution is -2.29. The Hall–Kier alpha value is -1.74. The van der Waals surface area contributed by atoms with Crippen molar-refractivity contribution in [3.8, 4) is 0 Å². The van der Waals surface area contributed by atoms with Crippen molar-refractivity contribution in [1.82, 2.24) is 4.98 Å². The lowest BCUT2D eigenvalue weighted by atomic mass is 9.78. The summed E-state index contributed by atoms with van der Waals surface area (Å²) in [6.45, 7) is 1.89. The third kappa shape index (κ3) is 2.74. The van der Waals surface area contributed by atoms with Gasteiger partial charge in [0.1, 0.15) is 5.82 Å². The standard InChI is InChI=1S/C15H16FNO/c1-15(11-18,9-12-4-3-7-17-10-12)13-5-2-6-14(16)8-13/h2-8,10,18H,9,11H2,1H3. The van der Waals surface area contributed by atoms with Gasteiger partial charge in [0, 0.05) is 17.8 Å². The number of aliphatic hydroxyl groups excluding tert-OH is 1. The van der Waals surface area contributed by atoms with Gasteiger partial charge in [-0.2, -0.15) is 0 Å². The molecule has 18 heavy (non-hydrogen) atoms. The molecule has 1 N–H and O–H groups in total. The first-order valence-electron chi connectivity index (χ1n) is 5.90. The fourth-order valence-corrected chi connectivity index (χ4v) is 2.07. The number of pyridine rings is 1. The summed E-state index contributed by atoms with van der Waals surface area (Å²) in [4.78, 5) is 4.06. The van der Waals surface area contributed by atoms with E-state index >= 15 is 0 Å². The van der Waals surface area contributed by atoms with Gasteiger partial charge in [-0.3, -0.25) is 4.98 Å². The molecule has 1 heterocycles. The zero-order chi connectivity index (χ0) is 13.0. The Morgan fingerprint density at radius 3 is 2.72 bits per heavy atom. The first-order chi connectivity index (χ1) is 8.64. The van der Waals surface area contributed by atoms with E-state index in [0.717, 1.165) is 11.1 Å². The Morgan fingerprint density at radius 2 is 2.11 bits per heavy atom. The summed E-state index contributed by atoms with van der Waals surface area (Å²) < 4.78 is 13.3. The Kier molecular flexibility index (Phi) is 3.72. The molecule has 1 aromatic carbocycles. The van der Waals surface area contributed by atoms with E-state index in [4.69, 9.17) is 0 Å². The number of halogens is 1. The van der Waals surface area contributed by atoms with Crippen LogP contribution in [0.2, 0.25) is 0 Å². The van der Waals surface area contributed by atoms with Crippen LogP contribution in [0.15, 0.2) is 48.8 Å². The molecule has 0 amide bonds. The van der Waals surface area contributed by atoms with Gasteiger partial charge in [-0.1, -0.05) is 25.1 Å². The minimum absolute atomic E-state index is 0.0364. The summed E-state index contributed by atoms with van der Waals surface area (Å²) in [6, 6.07) is 10.2. The number of aromatic nitrogens is 1. The Balaban J connectivity index is 2.31. The van der Waals surface area contributed by atoms with Crippen LogP contribution >= 0.6 is 0 Å². The van der Waals surface area contributed by atoms with Crippen LogP contribution in [-0.2, 0) is 11.8 Å². The van der Waals surface area contributed by atoms with Crippen LogP contribution in [0.5, 0.6) is 0 Å². The number of hydrogen-bond acceptors (Lipinski definition) is 2. The van der Waals surface area contributed by atoms with Gasteiger partial charge in [-0.05, 0) is 35.7 Å². The van der Waals surface area contributed by atoms with Gasteiger partial charge in [-0.15, -0.1) is 0 Å². The van der Waals surface area contributed by atoms with Crippen molar-refractivity contribution in [2.75, 3.05) is 6.61 Å². The highest BCUT2D eigenvalue weighted by Gasteiger charge is 2.26. The van der Waals surface area contributed by atoms with Crippen molar-refractivity contribution in [3.63, 3.8) is 0 Å². The van der Waals surface area contributed by atoms with Gasteiger partial charge in [0.15, 0.2) is 0 Å². The average Bonchev–Trinajstić information content (AvgIpc) is 2.40. The lowest BCUT2D eigenvalue weighted by Gasteiger charge is -2.28. The molecule has 0 fully saturated rings. The van der Waals surface area contributed by atoms with Gasteiger partial charge in [0.2, 0.25) is 0 Å². The van der Waals surface area contributed by atoms with E-state index in [1.54, 1.807) is 18.5 Å². The molecule has 3 heteroatoms. The number of hydrogen-bond donors (Lipinski definition) is 1.